The number of aryl methyl sites for hydroxylation is 6. The van der Waals surface area contributed by atoms with Gasteiger partial charge in [0.25, 0.3) is 0 Å². The quantitative estimate of drug-likeness (QED) is 0.274. The first-order chi connectivity index (χ1) is 20.2. The number of rotatable bonds is 10. The van der Waals surface area contributed by atoms with Crippen LogP contribution < -0.4 is 13.9 Å². The van der Waals surface area contributed by atoms with Gasteiger partial charge in [-0.05, 0) is 100 Å². The number of ether oxygens (including phenoxy) is 2. The van der Waals surface area contributed by atoms with Crippen LogP contribution in [0.3, 0.4) is 0 Å². The molecule has 0 aliphatic carbocycles. The van der Waals surface area contributed by atoms with Gasteiger partial charge in [0.05, 0.1) is 24.4 Å². The molecule has 0 N–H and O–H groups in total. The fourth-order valence-electron chi connectivity index (χ4n) is 5.60. The number of amides is 1. The highest BCUT2D eigenvalue weighted by atomic mass is 32.2. The summed E-state index contributed by atoms with van der Waals surface area (Å²) in [7, 11) is -3.75. The fourth-order valence-corrected chi connectivity index (χ4v) is 6.66. The van der Waals surface area contributed by atoms with Gasteiger partial charge in [0.15, 0.2) is 6.10 Å². The number of anilines is 2. The number of carbonyl (C=O) groups excluding carboxylic acids is 2. The highest BCUT2D eigenvalue weighted by Gasteiger charge is 2.35. The van der Waals surface area contributed by atoms with Crippen molar-refractivity contribution in [2.24, 2.45) is 5.92 Å². The molecule has 0 radical (unpaired) electrons. The molecule has 2 unspecified atom stereocenters. The Balaban J connectivity index is 1.60. The molecule has 230 valence electrons. The van der Waals surface area contributed by atoms with Gasteiger partial charge in [-0.1, -0.05) is 35.9 Å². The van der Waals surface area contributed by atoms with Crippen LogP contribution in [0.1, 0.15) is 46.2 Å². The van der Waals surface area contributed by atoms with Crippen LogP contribution in [0.4, 0.5) is 11.4 Å². The molecule has 1 aliphatic rings. The van der Waals surface area contributed by atoms with Gasteiger partial charge in [0.2, 0.25) is 15.9 Å². The number of hydrogen-bond donors (Lipinski definition) is 0. The zero-order valence-corrected chi connectivity index (χ0v) is 27.0. The van der Waals surface area contributed by atoms with Crippen molar-refractivity contribution in [2.75, 3.05) is 35.2 Å². The van der Waals surface area contributed by atoms with Gasteiger partial charge in [-0.25, -0.2) is 8.42 Å². The summed E-state index contributed by atoms with van der Waals surface area (Å²) in [5, 5.41) is 0. The molecule has 1 amide bonds. The standard InChI is InChI=1S/C34H42N2O6S/c1-22-9-8-10-30(17-22)41-21-31(20-36(43(7,39)40)33-26(5)15-23(2)16-27(33)6)42-34(38)28-12-14-32(37)35(19-28)29-13-11-24(3)25(4)18-29/h8-11,13,15-18,28,31H,12,14,19-21H2,1-7H3. The molecule has 0 bridgehead atoms. The van der Waals surface area contributed by atoms with E-state index < -0.39 is 28.0 Å². The number of sulfonamides is 1. The van der Waals surface area contributed by atoms with Crippen LogP contribution in [0.15, 0.2) is 54.6 Å². The molecule has 4 rings (SSSR count). The second-order valence-electron chi connectivity index (χ2n) is 11.7. The maximum Gasteiger partial charge on any atom is 0.311 e. The molecular weight excluding hydrogens is 564 g/mol. The minimum Gasteiger partial charge on any atom is -0.490 e. The van der Waals surface area contributed by atoms with E-state index in [1.54, 1.807) is 4.90 Å². The summed E-state index contributed by atoms with van der Waals surface area (Å²) < 4.78 is 39.7. The van der Waals surface area contributed by atoms with Crippen molar-refractivity contribution in [2.45, 2.75) is 60.5 Å². The first kappa shape index (κ1) is 32.1. The van der Waals surface area contributed by atoms with Crippen molar-refractivity contribution in [1.29, 1.82) is 0 Å². The first-order valence-corrected chi connectivity index (χ1v) is 16.4. The molecule has 3 aromatic rings. The maximum atomic E-state index is 13.6. The lowest BCUT2D eigenvalue weighted by atomic mass is 9.96. The molecule has 2 atom stereocenters. The van der Waals surface area contributed by atoms with Crippen LogP contribution in [0.5, 0.6) is 5.75 Å². The molecule has 1 heterocycles. The van der Waals surface area contributed by atoms with Crippen LogP contribution in [0.25, 0.3) is 0 Å². The zero-order valence-electron chi connectivity index (χ0n) is 26.1. The third-order valence-corrected chi connectivity index (χ3v) is 9.04. The number of hydrogen-bond acceptors (Lipinski definition) is 6. The predicted molar refractivity (Wildman–Crippen MR) is 170 cm³/mol. The number of esters is 1. The highest BCUT2D eigenvalue weighted by molar-refractivity contribution is 7.92. The van der Waals surface area contributed by atoms with E-state index in [1.807, 2.05) is 96.1 Å². The molecule has 43 heavy (non-hydrogen) atoms. The van der Waals surface area contributed by atoms with Gasteiger partial charge in [0.1, 0.15) is 12.4 Å². The lowest BCUT2D eigenvalue weighted by Crippen LogP contribution is -2.46. The number of nitrogens with zero attached hydrogens (tertiary/aromatic N) is 2. The van der Waals surface area contributed by atoms with Crippen molar-refractivity contribution in [3.8, 4) is 5.75 Å². The molecular formula is C34H42N2O6S. The summed E-state index contributed by atoms with van der Waals surface area (Å²) in [6.45, 7) is 11.7. The van der Waals surface area contributed by atoms with Crippen molar-refractivity contribution >= 4 is 33.3 Å². The molecule has 0 saturated carbocycles. The summed E-state index contributed by atoms with van der Waals surface area (Å²) in [6.07, 6.45) is 0.820. The number of piperidine rings is 1. The van der Waals surface area contributed by atoms with E-state index in [-0.39, 0.29) is 32.0 Å². The lowest BCUT2D eigenvalue weighted by Gasteiger charge is -2.34. The average molecular weight is 607 g/mol. The van der Waals surface area contributed by atoms with E-state index in [1.165, 1.54) is 4.31 Å². The van der Waals surface area contributed by atoms with Crippen LogP contribution in [0, 0.1) is 47.5 Å². The van der Waals surface area contributed by atoms with E-state index in [0.717, 1.165) is 45.3 Å². The van der Waals surface area contributed by atoms with E-state index in [2.05, 4.69) is 0 Å². The second kappa shape index (κ2) is 13.2. The van der Waals surface area contributed by atoms with E-state index in [0.29, 0.717) is 17.9 Å². The SMILES string of the molecule is Cc1cccc(OCC(CN(c2c(C)cc(C)cc2C)S(C)(=O)=O)OC(=O)C2CCC(=O)N(c3ccc(C)c(C)c3)C2)c1. The van der Waals surface area contributed by atoms with E-state index >= 15 is 0 Å². The van der Waals surface area contributed by atoms with Gasteiger partial charge in [0, 0.05) is 18.7 Å². The van der Waals surface area contributed by atoms with Gasteiger partial charge in [-0.2, -0.15) is 0 Å². The van der Waals surface area contributed by atoms with E-state index in [9.17, 15) is 18.0 Å². The zero-order chi connectivity index (χ0) is 31.5. The van der Waals surface area contributed by atoms with Crippen molar-refractivity contribution in [3.63, 3.8) is 0 Å². The molecule has 0 aromatic heterocycles. The monoisotopic (exact) mass is 606 g/mol. The minimum absolute atomic E-state index is 0.0415. The third kappa shape index (κ3) is 7.96. The van der Waals surface area contributed by atoms with Crippen LogP contribution in [-0.2, 0) is 24.3 Å². The Morgan fingerprint density at radius 3 is 2.26 bits per heavy atom. The Morgan fingerprint density at radius 1 is 0.930 bits per heavy atom. The average Bonchev–Trinajstić information content (AvgIpc) is 2.92. The van der Waals surface area contributed by atoms with Crippen LogP contribution in [-0.4, -0.2) is 52.4 Å². The largest absolute Gasteiger partial charge is 0.490 e. The third-order valence-electron chi connectivity index (χ3n) is 7.91. The van der Waals surface area contributed by atoms with E-state index in [4.69, 9.17) is 9.47 Å². The first-order valence-electron chi connectivity index (χ1n) is 14.6. The van der Waals surface area contributed by atoms with Gasteiger partial charge < -0.3 is 14.4 Å². The molecule has 0 spiro atoms. The molecule has 8 nitrogen and oxygen atoms in total. The van der Waals surface area contributed by atoms with Crippen molar-refractivity contribution in [3.05, 3.63) is 88.0 Å². The van der Waals surface area contributed by atoms with Gasteiger partial charge >= 0.3 is 5.97 Å². The van der Waals surface area contributed by atoms with Gasteiger partial charge in [-0.15, -0.1) is 0 Å². The second-order valence-corrected chi connectivity index (χ2v) is 13.6. The van der Waals surface area contributed by atoms with Crippen LogP contribution in [0.2, 0.25) is 0 Å². The fraction of sp³-hybridized carbons (Fsp3) is 0.412. The lowest BCUT2D eigenvalue weighted by molar-refractivity contribution is -0.155. The van der Waals surface area contributed by atoms with Crippen molar-refractivity contribution in [1.82, 2.24) is 0 Å². The molecule has 1 saturated heterocycles. The topological polar surface area (TPSA) is 93.2 Å². The summed E-state index contributed by atoms with van der Waals surface area (Å²) in [5.41, 5.74) is 7.14. The number of benzene rings is 3. The Hall–Kier alpha value is -3.85. The Kier molecular flexibility index (Phi) is 9.85. The molecule has 1 aliphatic heterocycles. The maximum absolute atomic E-state index is 13.6. The molecule has 3 aromatic carbocycles. The Morgan fingerprint density at radius 2 is 1.63 bits per heavy atom. The summed E-state index contributed by atoms with van der Waals surface area (Å²) >= 11 is 0. The smallest absolute Gasteiger partial charge is 0.311 e. The molecule has 1 fully saturated rings. The summed E-state index contributed by atoms with van der Waals surface area (Å²) in [4.78, 5) is 28.1. The minimum atomic E-state index is -3.75. The van der Waals surface area contributed by atoms with Crippen LogP contribution >= 0.6 is 0 Å². The Labute approximate surface area is 255 Å². The number of carbonyl (C=O) groups is 2. The normalized spacial score (nSPS) is 16.1. The summed E-state index contributed by atoms with van der Waals surface area (Å²) in [5.74, 6) is -0.487. The van der Waals surface area contributed by atoms with Gasteiger partial charge in [-0.3, -0.25) is 13.9 Å². The Bertz CT molecular complexity index is 1590. The van der Waals surface area contributed by atoms with Crippen molar-refractivity contribution < 1.29 is 27.5 Å². The highest BCUT2D eigenvalue weighted by Crippen LogP contribution is 2.30. The summed E-state index contributed by atoms with van der Waals surface area (Å²) in [6, 6.07) is 17.2. The molecule has 9 heteroatoms. The predicted octanol–water partition coefficient (Wildman–Crippen LogP) is 5.74.